The minimum Gasteiger partial charge on any atom is -0.456 e. The van der Waals surface area contributed by atoms with E-state index in [2.05, 4.69) is 6.58 Å². The quantitative estimate of drug-likeness (QED) is 0.594. The van der Waals surface area contributed by atoms with Gasteiger partial charge in [-0.25, -0.2) is 9.18 Å². The van der Waals surface area contributed by atoms with Crippen molar-refractivity contribution >= 4 is 23.1 Å². The lowest BCUT2D eigenvalue weighted by Gasteiger charge is -2.20. The van der Waals surface area contributed by atoms with Gasteiger partial charge in [0.25, 0.3) is 0 Å². The van der Waals surface area contributed by atoms with Crippen LogP contribution in [0, 0.1) is 5.82 Å². The first-order chi connectivity index (χ1) is 7.69. The van der Waals surface area contributed by atoms with Gasteiger partial charge in [-0.1, -0.05) is 18.2 Å². The highest BCUT2D eigenvalue weighted by molar-refractivity contribution is 6.31. The number of carbonyl (C=O) groups is 1. The third kappa shape index (κ3) is 4.19. The van der Waals surface area contributed by atoms with E-state index in [4.69, 9.17) is 16.3 Å². The minimum absolute atomic E-state index is 0.0846. The topological polar surface area (TPSA) is 26.3 Å². The number of halogens is 2. The first kappa shape index (κ1) is 13.7. The van der Waals surface area contributed by atoms with Crippen LogP contribution < -0.4 is 0 Å². The monoisotopic (exact) mass is 256 g/mol. The Balaban J connectivity index is 2.93. The van der Waals surface area contributed by atoms with Gasteiger partial charge in [0.15, 0.2) is 0 Å². The Morgan fingerprint density at radius 3 is 2.41 bits per heavy atom. The van der Waals surface area contributed by atoms with Crippen LogP contribution in [-0.4, -0.2) is 11.6 Å². The third-order valence-electron chi connectivity index (χ3n) is 1.86. The molecule has 0 aliphatic carbocycles. The summed E-state index contributed by atoms with van der Waals surface area (Å²) >= 11 is 5.70. The van der Waals surface area contributed by atoms with Crippen molar-refractivity contribution in [2.75, 3.05) is 0 Å². The normalized spacial score (nSPS) is 11.1. The lowest BCUT2D eigenvalue weighted by Crippen LogP contribution is -2.24. The van der Waals surface area contributed by atoms with E-state index in [0.29, 0.717) is 5.56 Å². The molecule has 0 fully saturated rings. The zero-order chi connectivity index (χ0) is 13.2. The molecule has 1 aromatic carbocycles. The SMILES string of the molecule is C=C(C(=O)OC(C)(C)C)c1cc(F)cc(Cl)c1. The molecule has 0 N–H and O–H groups in total. The third-order valence-corrected chi connectivity index (χ3v) is 2.07. The summed E-state index contributed by atoms with van der Waals surface area (Å²) in [6.07, 6.45) is 0. The molecule has 0 amide bonds. The molecular weight excluding hydrogens is 243 g/mol. The summed E-state index contributed by atoms with van der Waals surface area (Å²) in [7, 11) is 0. The van der Waals surface area contributed by atoms with Crippen LogP contribution in [-0.2, 0) is 9.53 Å². The van der Waals surface area contributed by atoms with Gasteiger partial charge in [-0.3, -0.25) is 0 Å². The van der Waals surface area contributed by atoms with Gasteiger partial charge < -0.3 is 4.74 Å². The molecule has 0 bridgehead atoms. The van der Waals surface area contributed by atoms with Gasteiger partial charge in [-0.05, 0) is 44.5 Å². The Hall–Kier alpha value is -1.35. The summed E-state index contributed by atoms with van der Waals surface area (Å²) in [5.74, 6) is -1.10. The maximum atomic E-state index is 13.1. The van der Waals surface area contributed by atoms with Gasteiger partial charge in [0, 0.05) is 5.02 Å². The fourth-order valence-electron chi connectivity index (χ4n) is 1.19. The lowest BCUT2D eigenvalue weighted by molar-refractivity contribution is -0.147. The number of carbonyl (C=O) groups excluding carboxylic acids is 1. The second kappa shape index (κ2) is 4.88. The maximum absolute atomic E-state index is 13.1. The summed E-state index contributed by atoms with van der Waals surface area (Å²) in [6.45, 7) is 8.83. The van der Waals surface area contributed by atoms with Crippen LogP contribution in [0.25, 0.3) is 5.57 Å². The minimum atomic E-state index is -0.614. The fourth-order valence-corrected chi connectivity index (χ4v) is 1.41. The Morgan fingerprint density at radius 2 is 1.94 bits per heavy atom. The Morgan fingerprint density at radius 1 is 1.35 bits per heavy atom. The molecule has 92 valence electrons. The van der Waals surface area contributed by atoms with Crippen molar-refractivity contribution in [3.05, 3.63) is 41.2 Å². The molecular formula is C13H14ClFO2. The van der Waals surface area contributed by atoms with Crippen molar-refractivity contribution in [1.29, 1.82) is 0 Å². The molecule has 0 aliphatic rings. The lowest BCUT2D eigenvalue weighted by atomic mass is 10.1. The maximum Gasteiger partial charge on any atom is 0.338 e. The number of rotatable bonds is 2. The van der Waals surface area contributed by atoms with E-state index >= 15 is 0 Å². The summed E-state index contributed by atoms with van der Waals surface area (Å²) in [6, 6.07) is 3.82. The van der Waals surface area contributed by atoms with E-state index in [1.54, 1.807) is 20.8 Å². The Kier molecular flexibility index (Phi) is 3.94. The number of esters is 1. The van der Waals surface area contributed by atoms with Crippen molar-refractivity contribution in [2.45, 2.75) is 26.4 Å². The summed E-state index contributed by atoms with van der Waals surface area (Å²) < 4.78 is 18.2. The second-order valence-corrected chi connectivity index (χ2v) is 5.08. The molecule has 0 aromatic heterocycles. The van der Waals surface area contributed by atoms with E-state index in [9.17, 15) is 9.18 Å². The van der Waals surface area contributed by atoms with Gasteiger partial charge >= 0.3 is 5.97 Å². The molecule has 0 atom stereocenters. The number of ether oxygens (including phenoxy) is 1. The molecule has 0 unspecified atom stereocenters. The molecule has 0 heterocycles. The highest BCUT2D eigenvalue weighted by Crippen LogP contribution is 2.22. The van der Waals surface area contributed by atoms with Crippen LogP contribution in [0.1, 0.15) is 26.3 Å². The van der Waals surface area contributed by atoms with Crippen molar-refractivity contribution in [1.82, 2.24) is 0 Å². The molecule has 0 saturated heterocycles. The average Bonchev–Trinajstić information content (AvgIpc) is 2.12. The van der Waals surface area contributed by atoms with Gasteiger partial charge in [0.2, 0.25) is 0 Å². The van der Waals surface area contributed by atoms with Gasteiger partial charge in [-0.15, -0.1) is 0 Å². The molecule has 1 rings (SSSR count). The molecule has 2 nitrogen and oxygen atoms in total. The van der Waals surface area contributed by atoms with Crippen LogP contribution in [0.2, 0.25) is 5.02 Å². The fraction of sp³-hybridized carbons (Fsp3) is 0.308. The summed E-state index contributed by atoms with van der Waals surface area (Å²) in [5.41, 5.74) is -0.206. The molecule has 0 spiro atoms. The number of hydrogen-bond donors (Lipinski definition) is 0. The second-order valence-electron chi connectivity index (χ2n) is 4.64. The predicted molar refractivity (Wildman–Crippen MR) is 66.3 cm³/mol. The molecule has 0 radical (unpaired) electrons. The first-order valence-electron chi connectivity index (χ1n) is 5.08. The van der Waals surface area contributed by atoms with Crippen molar-refractivity contribution < 1.29 is 13.9 Å². The number of benzene rings is 1. The summed E-state index contributed by atoms with van der Waals surface area (Å²) in [4.78, 5) is 11.7. The van der Waals surface area contributed by atoms with E-state index in [-0.39, 0.29) is 10.6 Å². The zero-order valence-corrected chi connectivity index (χ0v) is 10.8. The molecule has 4 heteroatoms. The average molecular weight is 257 g/mol. The van der Waals surface area contributed by atoms with Gasteiger partial charge in [-0.2, -0.15) is 0 Å². The molecule has 1 aromatic rings. The summed E-state index contributed by atoms with van der Waals surface area (Å²) in [5, 5.41) is 0.213. The molecule has 0 saturated carbocycles. The molecule has 0 aliphatic heterocycles. The van der Waals surface area contributed by atoms with Crippen LogP contribution in [0.3, 0.4) is 0 Å². The largest absolute Gasteiger partial charge is 0.456 e. The van der Waals surface area contributed by atoms with E-state index in [1.165, 1.54) is 12.1 Å². The van der Waals surface area contributed by atoms with E-state index < -0.39 is 17.4 Å². The first-order valence-corrected chi connectivity index (χ1v) is 5.45. The Bertz CT molecular complexity index is 441. The van der Waals surface area contributed by atoms with E-state index in [0.717, 1.165) is 6.07 Å². The van der Waals surface area contributed by atoms with E-state index in [1.807, 2.05) is 0 Å². The molecule has 17 heavy (non-hydrogen) atoms. The number of hydrogen-bond acceptors (Lipinski definition) is 2. The van der Waals surface area contributed by atoms with Crippen molar-refractivity contribution in [2.24, 2.45) is 0 Å². The van der Waals surface area contributed by atoms with Crippen LogP contribution >= 0.6 is 11.6 Å². The zero-order valence-electron chi connectivity index (χ0n) is 10.0. The van der Waals surface area contributed by atoms with Gasteiger partial charge in [0.1, 0.15) is 11.4 Å². The van der Waals surface area contributed by atoms with Crippen molar-refractivity contribution in [3.8, 4) is 0 Å². The van der Waals surface area contributed by atoms with Crippen LogP contribution in [0.15, 0.2) is 24.8 Å². The predicted octanol–water partition coefficient (Wildman–Crippen LogP) is 3.83. The highest BCUT2D eigenvalue weighted by Gasteiger charge is 2.20. The Labute approximate surface area is 105 Å². The van der Waals surface area contributed by atoms with Gasteiger partial charge in [0.05, 0.1) is 5.57 Å². The van der Waals surface area contributed by atoms with Crippen LogP contribution in [0.4, 0.5) is 4.39 Å². The van der Waals surface area contributed by atoms with Crippen LogP contribution in [0.5, 0.6) is 0 Å². The highest BCUT2D eigenvalue weighted by atomic mass is 35.5. The smallest absolute Gasteiger partial charge is 0.338 e. The standard InChI is InChI=1S/C13H14ClFO2/c1-8(12(16)17-13(2,3)4)9-5-10(14)7-11(15)6-9/h5-7H,1H2,2-4H3. The van der Waals surface area contributed by atoms with Crippen molar-refractivity contribution in [3.63, 3.8) is 0 Å².